The van der Waals surface area contributed by atoms with Gasteiger partial charge < -0.3 is 4.98 Å². The van der Waals surface area contributed by atoms with E-state index in [-0.39, 0.29) is 5.69 Å². The number of H-pyrrole nitrogens is 1. The van der Waals surface area contributed by atoms with Gasteiger partial charge in [0.1, 0.15) is 0 Å². The van der Waals surface area contributed by atoms with Crippen molar-refractivity contribution in [2.75, 3.05) is 0 Å². The highest BCUT2D eigenvalue weighted by molar-refractivity contribution is 7.98. The van der Waals surface area contributed by atoms with Gasteiger partial charge in [0.2, 0.25) is 0 Å². The number of aromatic nitrogens is 2. The van der Waals surface area contributed by atoms with Gasteiger partial charge in [0.05, 0.1) is 27.6 Å². The molecule has 0 spiro atoms. The van der Waals surface area contributed by atoms with Gasteiger partial charge in [0.25, 0.3) is 5.69 Å². The molecule has 1 N–H and O–H groups in total. The Bertz CT molecular complexity index is 881. The summed E-state index contributed by atoms with van der Waals surface area (Å²) in [4.78, 5) is 17.8. The van der Waals surface area contributed by atoms with Gasteiger partial charge in [0, 0.05) is 17.9 Å². The van der Waals surface area contributed by atoms with Crippen molar-refractivity contribution < 1.29 is 4.92 Å². The minimum atomic E-state index is -0.427. The Morgan fingerprint density at radius 1 is 1.27 bits per heavy atom. The van der Waals surface area contributed by atoms with Crippen LogP contribution in [0, 0.1) is 21.4 Å². The van der Waals surface area contributed by atoms with Gasteiger partial charge in [-0.25, -0.2) is 4.98 Å². The number of benzene rings is 2. The fourth-order valence-corrected chi connectivity index (χ4v) is 2.82. The average molecular weight is 310 g/mol. The molecule has 0 bridgehead atoms. The van der Waals surface area contributed by atoms with Crippen molar-refractivity contribution in [3.05, 3.63) is 63.7 Å². The van der Waals surface area contributed by atoms with Crippen LogP contribution in [0.1, 0.15) is 11.1 Å². The van der Waals surface area contributed by atoms with Crippen molar-refractivity contribution >= 4 is 28.5 Å². The van der Waals surface area contributed by atoms with Gasteiger partial charge in [-0.3, -0.25) is 10.1 Å². The van der Waals surface area contributed by atoms with Gasteiger partial charge >= 0.3 is 0 Å². The van der Waals surface area contributed by atoms with Crippen molar-refractivity contribution in [1.82, 2.24) is 9.97 Å². The highest BCUT2D eigenvalue weighted by Crippen LogP contribution is 2.25. The summed E-state index contributed by atoms with van der Waals surface area (Å²) in [6, 6.07) is 14.0. The number of nitro groups is 1. The van der Waals surface area contributed by atoms with E-state index >= 15 is 0 Å². The average Bonchev–Trinajstić information content (AvgIpc) is 2.95. The molecule has 0 fully saturated rings. The minimum absolute atomic E-state index is 0.0415. The molecule has 0 radical (unpaired) electrons. The lowest BCUT2D eigenvalue weighted by atomic mass is 10.2. The van der Waals surface area contributed by atoms with E-state index in [9.17, 15) is 10.1 Å². The van der Waals surface area contributed by atoms with Crippen LogP contribution in [0.4, 0.5) is 5.69 Å². The minimum Gasteiger partial charge on any atom is -0.333 e. The topological polar surface area (TPSA) is 95.6 Å². The van der Waals surface area contributed by atoms with E-state index in [2.05, 4.69) is 16.0 Å². The maximum Gasteiger partial charge on any atom is 0.271 e. The summed E-state index contributed by atoms with van der Waals surface area (Å²) in [5.74, 6) is 0.702. The van der Waals surface area contributed by atoms with E-state index in [1.54, 1.807) is 18.2 Å². The second-order valence-corrected chi connectivity index (χ2v) is 5.56. The normalized spacial score (nSPS) is 10.5. The Morgan fingerprint density at radius 2 is 2.05 bits per heavy atom. The third-order valence-electron chi connectivity index (χ3n) is 3.11. The smallest absolute Gasteiger partial charge is 0.271 e. The Morgan fingerprint density at radius 3 is 2.73 bits per heavy atom. The molecule has 0 aliphatic carbocycles. The van der Waals surface area contributed by atoms with Crippen molar-refractivity contribution in [2.24, 2.45) is 0 Å². The first-order chi connectivity index (χ1) is 10.7. The lowest BCUT2D eigenvalue weighted by molar-refractivity contribution is -0.384. The molecule has 0 aliphatic rings. The molecule has 3 aromatic rings. The van der Waals surface area contributed by atoms with Gasteiger partial charge in [-0.2, -0.15) is 5.26 Å². The van der Waals surface area contributed by atoms with Crippen LogP contribution in [0.15, 0.2) is 47.6 Å². The number of rotatable bonds is 4. The number of nitriles is 1. The number of nitrogens with zero attached hydrogens (tertiary/aromatic N) is 3. The van der Waals surface area contributed by atoms with Crippen LogP contribution in [-0.4, -0.2) is 14.9 Å². The van der Waals surface area contributed by atoms with Crippen LogP contribution in [0.5, 0.6) is 0 Å². The number of non-ortho nitro benzene ring substituents is 1. The molecule has 1 heterocycles. The molecular weight excluding hydrogens is 300 g/mol. The predicted molar refractivity (Wildman–Crippen MR) is 83.5 cm³/mol. The number of imidazole rings is 1. The van der Waals surface area contributed by atoms with E-state index in [4.69, 9.17) is 5.26 Å². The van der Waals surface area contributed by atoms with Crippen molar-refractivity contribution in [1.29, 1.82) is 5.26 Å². The first kappa shape index (κ1) is 14.1. The third kappa shape index (κ3) is 2.92. The molecule has 6 nitrogen and oxygen atoms in total. The lowest BCUT2D eigenvalue weighted by Crippen LogP contribution is -1.86. The van der Waals surface area contributed by atoms with Gasteiger partial charge in [-0.15, -0.1) is 0 Å². The van der Waals surface area contributed by atoms with Crippen LogP contribution < -0.4 is 0 Å². The van der Waals surface area contributed by atoms with Crippen molar-refractivity contribution in [3.63, 3.8) is 0 Å². The zero-order valence-corrected chi connectivity index (χ0v) is 12.1. The number of hydrogen-bond donors (Lipinski definition) is 1. The standard InChI is InChI=1S/C15H10N4O2S/c16-8-10-1-3-11(4-2-10)9-22-15-17-13-6-5-12(19(20)21)7-14(13)18-15/h1-7H,9H2,(H,17,18). The first-order valence-corrected chi connectivity index (χ1v) is 7.40. The SMILES string of the molecule is N#Cc1ccc(CSc2nc3ccc([N+](=O)[O-])cc3[nH]2)cc1. The number of hydrogen-bond acceptors (Lipinski definition) is 5. The Kier molecular flexibility index (Phi) is 3.76. The second-order valence-electron chi connectivity index (χ2n) is 4.60. The van der Waals surface area contributed by atoms with Gasteiger partial charge in [-0.05, 0) is 23.8 Å². The fraction of sp³-hybridized carbons (Fsp3) is 0.0667. The van der Waals surface area contributed by atoms with Crippen LogP contribution in [-0.2, 0) is 5.75 Å². The number of fused-ring (bicyclic) bond motifs is 1. The molecule has 2 aromatic carbocycles. The number of aromatic amines is 1. The summed E-state index contributed by atoms with van der Waals surface area (Å²) in [5, 5.41) is 20.2. The molecule has 0 unspecified atom stereocenters. The zero-order valence-electron chi connectivity index (χ0n) is 11.3. The maximum absolute atomic E-state index is 10.8. The van der Waals surface area contributed by atoms with E-state index < -0.39 is 4.92 Å². The van der Waals surface area contributed by atoms with E-state index in [1.807, 2.05) is 12.1 Å². The highest BCUT2D eigenvalue weighted by atomic mass is 32.2. The lowest BCUT2D eigenvalue weighted by Gasteiger charge is -1.98. The molecule has 0 aliphatic heterocycles. The second kappa shape index (κ2) is 5.87. The number of nitrogens with one attached hydrogen (secondary N) is 1. The first-order valence-electron chi connectivity index (χ1n) is 6.42. The number of nitro benzene ring substituents is 1. The van der Waals surface area contributed by atoms with Crippen LogP contribution >= 0.6 is 11.8 Å². The highest BCUT2D eigenvalue weighted by Gasteiger charge is 2.10. The molecule has 0 atom stereocenters. The molecule has 1 aromatic heterocycles. The summed E-state index contributed by atoms with van der Waals surface area (Å²) in [7, 11) is 0. The summed E-state index contributed by atoms with van der Waals surface area (Å²) < 4.78 is 0. The molecule has 22 heavy (non-hydrogen) atoms. The number of thioether (sulfide) groups is 1. The van der Waals surface area contributed by atoms with Gasteiger partial charge in [0.15, 0.2) is 5.16 Å². The Labute approximate surface area is 129 Å². The monoisotopic (exact) mass is 310 g/mol. The van der Waals surface area contributed by atoms with Crippen molar-refractivity contribution in [2.45, 2.75) is 10.9 Å². The Hall–Kier alpha value is -2.85. The summed E-state index contributed by atoms with van der Waals surface area (Å²) in [6.07, 6.45) is 0. The molecule has 0 saturated heterocycles. The molecule has 108 valence electrons. The van der Waals surface area contributed by atoms with E-state index in [0.717, 1.165) is 5.56 Å². The summed E-state index contributed by atoms with van der Waals surface area (Å²) in [6.45, 7) is 0. The molecular formula is C15H10N4O2S. The van der Waals surface area contributed by atoms with Gasteiger partial charge in [-0.1, -0.05) is 23.9 Å². The quantitative estimate of drug-likeness (QED) is 0.451. The zero-order chi connectivity index (χ0) is 15.5. The van der Waals surface area contributed by atoms with Crippen molar-refractivity contribution in [3.8, 4) is 6.07 Å². The van der Waals surface area contributed by atoms with Crippen LogP contribution in [0.2, 0.25) is 0 Å². The molecule has 0 amide bonds. The largest absolute Gasteiger partial charge is 0.333 e. The third-order valence-corrected chi connectivity index (χ3v) is 4.06. The van der Waals surface area contributed by atoms with E-state index in [1.165, 1.54) is 23.9 Å². The molecule has 0 saturated carbocycles. The van der Waals surface area contributed by atoms with E-state index in [0.29, 0.717) is 27.5 Å². The predicted octanol–water partition coefficient (Wildman–Crippen LogP) is 3.64. The molecule has 3 rings (SSSR count). The fourth-order valence-electron chi connectivity index (χ4n) is 1.98. The van der Waals surface area contributed by atoms with Crippen LogP contribution in [0.25, 0.3) is 11.0 Å². The summed E-state index contributed by atoms with van der Waals surface area (Å²) >= 11 is 1.51. The summed E-state index contributed by atoms with van der Waals surface area (Å²) in [5.41, 5.74) is 3.10. The maximum atomic E-state index is 10.8. The molecule has 7 heteroatoms. The van der Waals surface area contributed by atoms with Crippen LogP contribution in [0.3, 0.4) is 0 Å². The Balaban J connectivity index is 1.76.